The van der Waals surface area contributed by atoms with Crippen molar-refractivity contribution >= 4 is 16.8 Å². The van der Waals surface area contributed by atoms with Crippen molar-refractivity contribution in [2.24, 2.45) is 13.0 Å². The molecule has 0 saturated heterocycles. The third-order valence-corrected chi connectivity index (χ3v) is 5.94. The first-order chi connectivity index (χ1) is 13.5. The minimum atomic E-state index is 0.202. The fourth-order valence-electron chi connectivity index (χ4n) is 4.24. The van der Waals surface area contributed by atoms with E-state index in [9.17, 15) is 4.79 Å². The van der Waals surface area contributed by atoms with E-state index in [-0.39, 0.29) is 12.0 Å². The van der Waals surface area contributed by atoms with Gasteiger partial charge in [0, 0.05) is 25.5 Å². The molecular weight excluding hydrogens is 348 g/mol. The number of carbonyl (C=O) groups excluding carboxylic acids is 1. The molecule has 1 saturated carbocycles. The number of fused-ring (bicyclic) bond motifs is 1. The van der Waals surface area contributed by atoms with Gasteiger partial charge < -0.3 is 9.30 Å². The number of nitrogens with zero attached hydrogens (tertiary/aromatic N) is 2. The Labute approximate surface area is 166 Å². The van der Waals surface area contributed by atoms with Crippen LogP contribution in [0.3, 0.4) is 0 Å². The van der Waals surface area contributed by atoms with E-state index < -0.39 is 0 Å². The second-order valence-corrected chi connectivity index (χ2v) is 8.11. The lowest BCUT2D eigenvalue weighted by Crippen LogP contribution is -2.27. The first kappa shape index (κ1) is 18.7. The average molecular weight is 377 g/mol. The van der Waals surface area contributed by atoms with Gasteiger partial charge in [-0.05, 0) is 57.2 Å². The van der Waals surface area contributed by atoms with Gasteiger partial charge in [0.25, 0.3) is 0 Å². The Morgan fingerprint density at radius 1 is 1.14 bits per heavy atom. The summed E-state index contributed by atoms with van der Waals surface area (Å²) in [6.45, 7) is 3.82. The lowest BCUT2D eigenvalue weighted by molar-refractivity contribution is -0.122. The molecule has 3 aromatic rings. The smallest absolute Gasteiger partial charge is 0.132 e. The largest absolute Gasteiger partial charge is 0.490 e. The number of carbonyl (C=O) groups is 1. The molecule has 0 bridgehead atoms. The fraction of sp³-hybridized carbons (Fsp3) is 0.417. The summed E-state index contributed by atoms with van der Waals surface area (Å²) in [6, 6.07) is 14.7. The van der Waals surface area contributed by atoms with Gasteiger partial charge in [-0.15, -0.1) is 0 Å². The molecule has 1 aliphatic carbocycles. The second kappa shape index (κ2) is 7.78. The SMILES string of the molecule is Cc1cccc(Cc2nc3ccc(O[C@H]4CC[C@@H](C(C)=O)CC4)cc3n2C)c1. The van der Waals surface area contributed by atoms with Crippen molar-refractivity contribution in [2.75, 3.05) is 0 Å². The summed E-state index contributed by atoms with van der Waals surface area (Å²) in [5, 5.41) is 0. The van der Waals surface area contributed by atoms with Gasteiger partial charge in [0.1, 0.15) is 17.4 Å². The molecule has 4 rings (SSSR count). The summed E-state index contributed by atoms with van der Waals surface area (Å²) in [7, 11) is 2.07. The number of ketones is 1. The van der Waals surface area contributed by atoms with E-state index in [1.165, 1.54) is 11.1 Å². The van der Waals surface area contributed by atoms with E-state index in [0.29, 0.717) is 5.78 Å². The molecule has 1 heterocycles. The van der Waals surface area contributed by atoms with Gasteiger partial charge in [-0.3, -0.25) is 4.79 Å². The highest BCUT2D eigenvalue weighted by Crippen LogP contribution is 2.30. The Balaban J connectivity index is 1.50. The van der Waals surface area contributed by atoms with Crippen molar-refractivity contribution in [1.29, 1.82) is 0 Å². The molecule has 0 aliphatic heterocycles. The zero-order chi connectivity index (χ0) is 19.7. The first-order valence-electron chi connectivity index (χ1n) is 10.2. The highest BCUT2D eigenvalue weighted by atomic mass is 16.5. The van der Waals surface area contributed by atoms with Crippen LogP contribution >= 0.6 is 0 Å². The van der Waals surface area contributed by atoms with E-state index in [0.717, 1.165) is 54.7 Å². The predicted molar refractivity (Wildman–Crippen MR) is 112 cm³/mol. The maximum absolute atomic E-state index is 11.5. The summed E-state index contributed by atoms with van der Waals surface area (Å²) in [6.07, 6.45) is 4.80. The van der Waals surface area contributed by atoms with Crippen LogP contribution in [0.25, 0.3) is 11.0 Å². The zero-order valence-corrected chi connectivity index (χ0v) is 16.9. The molecule has 28 heavy (non-hydrogen) atoms. The van der Waals surface area contributed by atoms with Crippen LogP contribution < -0.4 is 4.74 Å². The maximum atomic E-state index is 11.5. The van der Waals surface area contributed by atoms with Crippen LogP contribution in [0.2, 0.25) is 0 Å². The summed E-state index contributed by atoms with van der Waals surface area (Å²) in [5.74, 6) is 2.49. The van der Waals surface area contributed by atoms with Crippen LogP contribution in [0.5, 0.6) is 5.75 Å². The lowest BCUT2D eigenvalue weighted by atomic mass is 9.85. The van der Waals surface area contributed by atoms with E-state index in [2.05, 4.69) is 48.9 Å². The average Bonchev–Trinajstić information content (AvgIpc) is 2.98. The summed E-state index contributed by atoms with van der Waals surface area (Å²) >= 11 is 0. The molecule has 0 radical (unpaired) electrons. The predicted octanol–water partition coefficient (Wildman–Crippen LogP) is 5.00. The number of Topliss-reactive ketones (excluding diaryl/α,β-unsaturated/α-hetero) is 1. The molecule has 1 aliphatic rings. The van der Waals surface area contributed by atoms with Crippen molar-refractivity contribution in [3.8, 4) is 5.75 Å². The normalized spacial score (nSPS) is 19.7. The molecule has 4 nitrogen and oxygen atoms in total. The van der Waals surface area contributed by atoms with Crippen molar-refractivity contribution in [1.82, 2.24) is 9.55 Å². The number of ether oxygens (including phenoxy) is 1. The first-order valence-corrected chi connectivity index (χ1v) is 10.2. The van der Waals surface area contributed by atoms with Crippen LogP contribution in [0, 0.1) is 12.8 Å². The lowest BCUT2D eigenvalue weighted by Gasteiger charge is -2.27. The number of rotatable bonds is 5. The van der Waals surface area contributed by atoms with Crippen molar-refractivity contribution < 1.29 is 9.53 Å². The van der Waals surface area contributed by atoms with Gasteiger partial charge in [0.15, 0.2) is 0 Å². The number of aryl methyl sites for hydroxylation is 2. The molecule has 2 aromatic carbocycles. The molecule has 0 spiro atoms. The third kappa shape index (κ3) is 3.96. The minimum Gasteiger partial charge on any atom is -0.490 e. The Bertz CT molecular complexity index is 997. The maximum Gasteiger partial charge on any atom is 0.132 e. The van der Waals surface area contributed by atoms with Gasteiger partial charge in [0.05, 0.1) is 17.1 Å². The highest BCUT2D eigenvalue weighted by Gasteiger charge is 2.25. The molecule has 0 amide bonds. The van der Waals surface area contributed by atoms with Crippen molar-refractivity contribution in [2.45, 2.75) is 52.1 Å². The van der Waals surface area contributed by atoms with E-state index in [4.69, 9.17) is 9.72 Å². The van der Waals surface area contributed by atoms with Gasteiger partial charge in [-0.2, -0.15) is 0 Å². The van der Waals surface area contributed by atoms with Gasteiger partial charge in [0.2, 0.25) is 0 Å². The molecule has 146 valence electrons. The molecule has 4 heteroatoms. The Hall–Kier alpha value is -2.62. The quantitative estimate of drug-likeness (QED) is 0.629. The Morgan fingerprint density at radius 2 is 1.93 bits per heavy atom. The van der Waals surface area contributed by atoms with Crippen molar-refractivity contribution in [3.05, 3.63) is 59.4 Å². The standard InChI is InChI=1S/C24H28N2O2/c1-16-5-4-6-18(13-16)14-24-25-22-12-11-21(15-23(22)26(24)3)28-20-9-7-19(8-10-20)17(2)27/h4-6,11-13,15,19-20H,7-10,14H2,1-3H3/t19-,20+. The van der Waals surface area contributed by atoms with Gasteiger partial charge >= 0.3 is 0 Å². The highest BCUT2D eigenvalue weighted by molar-refractivity contribution is 5.78. The van der Waals surface area contributed by atoms with E-state index >= 15 is 0 Å². The molecule has 0 unspecified atom stereocenters. The number of aromatic nitrogens is 2. The number of imidazole rings is 1. The second-order valence-electron chi connectivity index (χ2n) is 8.11. The fourth-order valence-corrected chi connectivity index (χ4v) is 4.24. The Morgan fingerprint density at radius 3 is 2.64 bits per heavy atom. The van der Waals surface area contributed by atoms with Crippen molar-refractivity contribution in [3.63, 3.8) is 0 Å². The third-order valence-electron chi connectivity index (χ3n) is 5.94. The van der Waals surface area contributed by atoms with E-state index in [1.807, 2.05) is 12.1 Å². The number of hydrogen-bond acceptors (Lipinski definition) is 3. The van der Waals surface area contributed by atoms with Crippen LogP contribution in [0.1, 0.15) is 49.6 Å². The van der Waals surface area contributed by atoms with Crippen LogP contribution in [0.15, 0.2) is 42.5 Å². The number of hydrogen-bond donors (Lipinski definition) is 0. The molecular formula is C24H28N2O2. The summed E-state index contributed by atoms with van der Waals surface area (Å²) in [4.78, 5) is 16.4. The zero-order valence-electron chi connectivity index (χ0n) is 16.9. The summed E-state index contributed by atoms with van der Waals surface area (Å²) in [5.41, 5.74) is 4.64. The molecule has 0 atom stereocenters. The van der Waals surface area contributed by atoms with Gasteiger partial charge in [-0.25, -0.2) is 4.98 Å². The van der Waals surface area contributed by atoms with Crippen LogP contribution in [-0.2, 0) is 18.3 Å². The van der Waals surface area contributed by atoms with Crippen LogP contribution in [-0.4, -0.2) is 21.4 Å². The molecule has 1 fully saturated rings. The minimum absolute atomic E-state index is 0.202. The van der Waals surface area contributed by atoms with E-state index in [1.54, 1.807) is 6.92 Å². The number of benzene rings is 2. The summed E-state index contributed by atoms with van der Waals surface area (Å²) < 4.78 is 8.40. The topological polar surface area (TPSA) is 44.1 Å². The van der Waals surface area contributed by atoms with Crippen LogP contribution in [0.4, 0.5) is 0 Å². The molecule has 1 aromatic heterocycles. The monoisotopic (exact) mass is 376 g/mol. The Kier molecular flexibility index (Phi) is 5.21. The van der Waals surface area contributed by atoms with Gasteiger partial charge in [-0.1, -0.05) is 29.8 Å². The molecule has 0 N–H and O–H groups in total.